The minimum absolute atomic E-state index is 0.0608. The van der Waals surface area contributed by atoms with Crippen molar-refractivity contribution in [3.05, 3.63) is 0 Å². The topological polar surface area (TPSA) is 98.2 Å². The van der Waals surface area contributed by atoms with E-state index in [9.17, 15) is 9.59 Å². The van der Waals surface area contributed by atoms with Crippen molar-refractivity contribution >= 4 is 17.9 Å². The van der Waals surface area contributed by atoms with Gasteiger partial charge in [0.1, 0.15) is 6.61 Å². The zero-order chi connectivity index (χ0) is 15.7. The van der Waals surface area contributed by atoms with Crippen LogP contribution >= 0.6 is 0 Å². The molecule has 0 aromatic rings. The van der Waals surface area contributed by atoms with Crippen molar-refractivity contribution in [2.45, 2.75) is 26.7 Å². The second-order valence-electron chi connectivity index (χ2n) is 5.20. The van der Waals surface area contributed by atoms with Gasteiger partial charge >= 0.3 is 12.2 Å². The quantitative estimate of drug-likeness (QED) is 0.419. The molecule has 1 heterocycles. The largest absolute Gasteiger partial charge is 0.449 e. The molecule has 0 atom stereocenters. The fraction of sp³-hybridized carbons (Fsp3) is 0.769. The molecule has 1 saturated heterocycles. The molecule has 0 saturated carbocycles. The Morgan fingerprint density at radius 1 is 1.33 bits per heavy atom. The lowest BCUT2D eigenvalue weighted by Gasteiger charge is -2.37. The summed E-state index contributed by atoms with van der Waals surface area (Å²) in [7, 11) is 1.45. The number of carbonyl (C=O) groups is 2. The molecule has 2 N–H and O–H groups in total. The van der Waals surface area contributed by atoms with Crippen LogP contribution in [-0.2, 0) is 14.3 Å². The molecule has 21 heavy (non-hydrogen) atoms. The summed E-state index contributed by atoms with van der Waals surface area (Å²) in [5.41, 5.74) is 0.618. The standard InChI is InChI=1S/C13H23N3O5/c1-4-10(16-21-11(17)14-3)5-6-15-12(18)20-9-13(2)7-19-8-13/h4-9H2,1-3H3,(H,14,17)(H,15,18)/b16-10+. The van der Waals surface area contributed by atoms with Crippen molar-refractivity contribution in [2.75, 3.05) is 33.4 Å². The van der Waals surface area contributed by atoms with E-state index < -0.39 is 12.2 Å². The van der Waals surface area contributed by atoms with Crippen LogP contribution in [-0.4, -0.2) is 51.3 Å². The minimum Gasteiger partial charge on any atom is -0.449 e. The third-order valence-electron chi connectivity index (χ3n) is 3.01. The number of ether oxygens (including phenoxy) is 2. The number of alkyl carbamates (subject to hydrolysis) is 1. The molecule has 0 aliphatic carbocycles. The van der Waals surface area contributed by atoms with E-state index in [1.54, 1.807) is 0 Å². The predicted molar refractivity (Wildman–Crippen MR) is 76.2 cm³/mol. The zero-order valence-electron chi connectivity index (χ0n) is 12.7. The van der Waals surface area contributed by atoms with Crippen molar-refractivity contribution in [3.63, 3.8) is 0 Å². The summed E-state index contributed by atoms with van der Waals surface area (Å²) in [6, 6.07) is 0. The van der Waals surface area contributed by atoms with Gasteiger partial charge in [-0.3, -0.25) is 4.84 Å². The summed E-state index contributed by atoms with van der Waals surface area (Å²) in [4.78, 5) is 27.0. The number of carbonyl (C=O) groups excluding carboxylic acids is 2. The SMILES string of the molecule is CC/C(CCNC(=O)OCC1(C)COC1)=N\OC(=O)NC. The molecule has 8 nitrogen and oxygen atoms in total. The highest BCUT2D eigenvalue weighted by atomic mass is 16.7. The summed E-state index contributed by atoms with van der Waals surface area (Å²) in [5, 5.41) is 8.64. The molecular formula is C13H23N3O5. The van der Waals surface area contributed by atoms with Gasteiger partial charge in [0.2, 0.25) is 0 Å². The highest BCUT2D eigenvalue weighted by Crippen LogP contribution is 2.26. The van der Waals surface area contributed by atoms with Gasteiger partial charge in [0.05, 0.1) is 18.9 Å². The van der Waals surface area contributed by atoms with E-state index >= 15 is 0 Å². The van der Waals surface area contributed by atoms with Crippen molar-refractivity contribution in [3.8, 4) is 0 Å². The van der Waals surface area contributed by atoms with Crippen LogP contribution in [0.1, 0.15) is 26.7 Å². The summed E-state index contributed by atoms with van der Waals surface area (Å²) in [6.07, 6.45) is 0.0293. The van der Waals surface area contributed by atoms with E-state index in [1.165, 1.54) is 7.05 Å². The van der Waals surface area contributed by atoms with Crippen LogP contribution in [0.5, 0.6) is 0 Å². The van der Waals surface area contributed by atoms with Gasteiger partial charge in [-0.05, 0) is 6.42 Å². The first-order chi connectivity index (χ1) is 9.99. The third kappa shape index (κ3) is 6.44. The first kappa shape index (κ1) is 17.2. The van der Waals surface area contributed by atoms with Gasteiger partial charge in [0.25, 0.3) is 0 Å². The molecular weight excluding hydrogens is 278 g/mol. The van der Waals surface area contributed by atoms with E-state index in [4.69, 9.17) is 9.47 Å². The lowest BCUT2D eigenvalue weighted by atomic mass is 9.90. The normalized spacial score (nSPS) is 16.6. The van der Waals surface area contributed by atoms with Crippen LogP contribution in [0.3, 0.4) is 0 Å². The monoisotopic (exact) mass is 301 g/mol. The Morgan fingerprint density at radius 2 is 2.05 bits per heavy atom. The van der Waals surface area contributed by atoms with Crippen LogP contribution < -0.4 is 10.6 Å². The lowest BCUT2D eigenvalue weighted by Crippen LogP contribution is -2.45. The number of oxime groups is 1. The molecule has 1 aliphatic rings. The predicted octanol–water partition coefficient (Wildman–Crippen LogP) is 1.26. The van der Waals surface area contributed by atoms with Gasteiger partial charge < -0.3 is 20.1 Å². The van der Waals surface area contributed by atoms with Crippen LogP contribution in [0.25, 0.3) is 0 Å². The summed E-state index contributed by atoms with van der Waals surface area (Å²) < 4.78 is 10.2. The van der Waals surface area contributed by atoms with E-state index in [0.29, 0.717) is 44.9 Å². The number of nitrogens with one attached hydrogen (secondary N) is 2. The molecule has 0 spiro atoms. The fourth-order valence-corrected chi connectivity index (χ4v) is 1.57. The molecule has 0 bridgehead atoms. The lowest BCUT2D eigenvalue weighted by molar-refractivity contribution is -0.125. The van der Waals surface area contributed by atoms with Crippen LogP contribution in [0.2, 0.25) is 0 Å². The highest BCUT2D eigenvalue weighted by Gasteiger charge is 2.34. The number of nitrogens with zero attached hydrogens (tertiary/aromatic N) is 1. The van der Waals surface area contributed by atoms with Crippen molar-refractivity contribution in [1.82, 2.24) is 10.6 Å². The van der Waals surface area contributed by atoms with E-state index in [1.807, 2.05) is 13.8 Å². The molecule has 1 fully saturated rings. The third-order valence-corrected chi connectivity index (χ3v) is 3.01. The number of hydrogen-bond donors (Lipinski definition) is 2. The van der Waals surface area contributed by atoms with Crippen LogP contribution in [0, 0.1) is 5.41 Å². The first-order valence-corrected chi connectivity index (χ1v) is 6.92. The van der Waals surface area contributed by atoms with Gasteiger partial charge in [-0.2, -0.15) is 0 Å². The molecule has 1 rings (SSSR count). The second kappa shape index (κ2) is 8.46. The average Bonchev–Trinajstić information content (AvgIpc) is 2.46. The van der Waals surface area contributed by atoms with Gasteiger partial charge in [-0.1, -0.05) is 19.0 Å². The number of rotatable bonds is 7. The van der Waals surface area contributed by atoms with Crippen molar-refractivity contribution < 1.29 is 23.9 Å². The Kier molecular flexibility index (Phi) is 6.93. The molecule has 0 aromatic heterocycles. The molecule has 1 aliphatic heterocycles. The molecule has 0 unspecified atom stereocenters. The summed E-state index contributed by atoms with van der Waals surface area (Å²) in [5.74, 6) is 0. The fourth-order valence-electron chi connectivity index (χ4n) is 1.57. The molecule has 8 heteroatoms. The molecule has 0 aromatic carbocycles. The number of amides is 2. The van der Waals surface area contributed by atoms with Gasteiger partial charge in [0, 0.05) is 25.4 Å². The minimum atomic E-state index is -0.621. The zero-order valence-corrected chi connectivity index (χ0v) is 12.7. The van der Waals surface area contributed by atoms with Crippen molar-refractivity contribution in [1.29, 1.82) is 0 Å². The molecule has 2 amide bonds. The maximum absolute atomic E-state index is 11.5. The Balaban J connectivity index is 2.18. The van der Waals surface area contributed by atoms with Crippen molar-refractivity contribution in [2.24, 2.45) is 10.6 Å². The van der Waals surface area contributed by atoms with Crippen LogP contribution in [0.4, 0.5) is 9.59 Å². The Morgan fingerprint density at radius 3 is 2.57 bits per heavy atom. The maximum atomic E-state index is 11.5. The smallest absolute Gasteiger partial charge is 0.433 e. The van der Waals surface area contributed by atoms with Crippen LogP contribution in [0.15, 0.2) is 5.16 Å². The number of hydrogen-bond acceptors (Lipinski definition) is 6. The Hall–Kier alpha value is -1.83. The highest BCUT2D eigenvalue weighted by molar-refractivity contribution is 5.85. The van der Waals surface area contributed by atoms with E-state index in [-0.39, 0.29) is 5.41 Å². The van der Waals surface area contributed by atoms with E-state index in [2.05, 4.69) is 20.6 Å². The Bertz CT molecular complexity index is 393. The Labute approximate surface area is 124 Å². The average molecular weight is 301 g/mol. The summed E-state index contributed by atoms with van der Waals surface area (Å²) in [6.45, 7) is 5.83. The van der Waals surface area contributed by atoms with Gasteiger partial charge in [0.15, 0.2) is 0 Å². The first-order valence-electron chi connectivity index (χ1n) is 6.92. The second-order valence-corrected chi connectivity index (χ2v) is 5.20. The van der Waals surface area contributed by atoms with Gasteiger partial charge in [-0.25, -0.2) is 9.59 Å². The molecule has 0 radical (unpaired) electrons. The van der Waals surface area contributed by atoms with E-state index in [0.717, 1.165) is 0 Å². The molecule has 120 valence electrons. The van der Waals surface area contributed by atoms with Gasteiger partial charge in [-0.15, -0.1) is 0 Å². The maximum Gasteiger partial charge on any atom is 0.433 e. The summed E-state index contributed by atoms with van der Waals surface area (Å²) >= 11 is 0.